The number of methoxy groups -OCH3 is 1. The van der Waals surface area contributed by atoms with Crippen LogP contribution in [0.1, 0.15) is 93.4 Å². The van der Waals surface area contributed by atoms with Crippen molar-refractivity contribution >= 4 is 18.0 Å². The summed E-state index contributed by atoms with van der Waals surface area (Å²) in [6.07, 6.45) is 31.9. The molecular weight excluding hydrogens is 697 g/mol. The number of aromatic nitrogens is 4. The Hall–Kier alpha value is -4.84. The van der Waals surface area contributed by atoms with Gasteiger partial charge in [-0.3, -0.25) is 0 Å². The quantitative estimate of drug-likeness (QED) is 0.165. The minimum atomic E-state index is -0.841. The summed E-state index contributed by atoms with van der Waals surface area (Å²) in [6.45, 7) is 11.2. The van der Waals surface area contributed by atoms with Crippen molar-refractivity contribution in [3.05, 3.63) is 127 Å². The second-order valence-corrected chi connectivity index (χ2v) is 15.2. The van der Waals surface area contributed by atoms with Gasteiger partial charge in [-0.25, -0.2) is 19.6 Å². The lowest BCUT2D eigenvalue weighted by Crippen LogP contribution is -2.42. The third-order valence-corrected chi connectivity index (χ3v) is 10.3. The molecule has 1 aliphatic carbocycles. The number of aliphatic hydroxyl groups excluding tert-OH is 2. The second kappa shape index (κ2) is 20.2. The lowest BCUT2D eigenvalue weighted by molar-refractivity contribution is -0.0461. The molecule has 4 rings (SSSR count). The molecule has 0 aromatic carbocycles. The van der Waals surface area contributed by atoms with Gasteiger partial charge in [0.2, 0.25) is 0 Å². The number of carbonyl (C=O) groups excluding carboxylic acids is 2. The van der Waals surface area contributed by atoms with Crippen LogP contribution >= 0.6 is 0 Å². The van der Waals surface area contributed by atoms with E-state index in [-0.39, 0.29) is 17.5 Å². The lowest BCUT2D eigenvalue weighted by atomic mass is 9.79. The van der Waals surface area contributed by atoms with Gasteiger partial charge in [-0.15, -0.1) is 0 Å². The van der Waals surface area contributed by atoms with Crippen LogP contribution in [0.15, 0.2) is 104 Å². The van der Waals surface area contributed by atoms with Crippen molar-refractivity contribution in [2.45, 2.75) is 97.7 Å². The molecule has 4 bridgehead atoms. The first-order valence-corrected chi connectivity index (χ1v) is 19.0. The number of esters is 2. The van der Waals surface area contributed by atoms with Gasteiger partial charge >= 0.3 is 11.9 Å². The number of H-pyrrole nitrogens is 2. The van der Waals surface area contributed by atoms with Crippen LogP contribution in [0.3, 0.4) is 0 Å². The number of ether oxygens (including phenoxy) is 3. The average molecular weight is 755 g/mol. The normalized spacial score (nSPS) is 28.3. The maximum atomic E-state index is 13.4. The molecule has 296 valence electrons. The monoisotopic (exact) mass is 754 g/mol. The van der Waals surface area contributed by atoms with Crippen molar-refractivity contribution in [1.29, 1.82) is 0 Å². The van der Waals surface area contributed by atoms with Crippen LogP contribution in [-0.4, -0.2) is 79.7 Å². The number of allylic oxidation sites excluding steroid dienone is 10. The maximum Gasteiger partial charge on any atom is 0.356 e. The van der Waals surface area contributed by atoms with E-state index in [0.29, 0.717) is 42.7 Å². The van der Waals surface area contributed by atoms with Gasteiger partial charge in [0, 0.05) is 37.2 Å². The fraction of sp³-hybridized carbons (Fsp3) is 0.455. The predicted octanol–water partition coefficient (Wildman–Crippen LogP) is 7.59. The third-order valence-electron chi connectivity index (χ3n) is 10.3. The molecule has 4 N–H and O–H groups in total. The number of fused-ring (bicyclic) bond motifs is 5. The number of cyclic esters (lactones) is 2. The minimum absolute atomic E-state index is 0.217. The van der Waals surface area contributed by atoms with Crippen molar-refractivity contribution in [2.24, 2.45) is 22.7 Å². The molecule has 55 heavy (non-hydrogen) atoms. The Kier molecular flexibility index (Phi) is 15.7. The van der Waals surface area contributed by atoms with E-state index in [0.717, 1.165) is 6.42 Å². The number of aromatic amines is 2. The van der Waals surface area contributed by atoms with Gasteiger partial charge in [-0.1, -0.05) is 119 Å². The Morgan fingerprint density at radius 3 is 1.96 bits per heavy atom. The molecule has 7 atom stereocenters. The standard InChI is InChI=1S/C44H58N4O7/c1-8-18-35(49)43(3,4)37-23-14-12-10-11-13-22-32(53-7)27-40-46-29-34(48-40)42(52)55-38(44(5,6)36(50)19-9-2)24-17-21-31-26-30(31)20-15-16-25-39-45-28-33(47-39)41(51)54-37/h8-22,25,28-32,35-38,49-50H,23-24,26-27H2,1-7H3,(H,45,47)(H,46,48)/b11-10-,14-12-,18-8+,19-9+,20-15+,21-17-,22-13+,25-16-/t30-,31+,32+,35+,36+,37+,38+/m1/s1. The predicted molar refractivity (Wildman–Crippen MR) is 215 cm³/mol. The number of nitrogens with zero attached hydrogens (tertiary/aromatic N) is 2. The van der Waals surface area contributed by atoms with Gasteiger partial charge in [0.15, 0.2) is 0 Å². The molecule has 11 nitrogen and oxygen atoms in total. The van der Waals surface area contributed by atoms with Gasteiger partial charge in [-0.2, -0.15) is 0 Å². The number of hydrogen-bond acceptors (Lipinski definition) is 9. The average Bonchev–Trinajstić information content (AvgIpc) is 3.47. The third kappa shape index (κ3) is 12.3. The van der Waals surface area contributed by atoms with Crippen molar-refractivity contribution in [3.63, 3.8) is 0 Å². The Labute approximate surface area is 325 Å². The lowest BCUT2D eigenvalue weighted by Gasteiger charge is -2.36. The molecule has 0 saturated heterocycles. The van der Waals surface area contributed by atoms with E-state index in [1.165, 1.54) is 12.4 Å². The number of nitrogens with one attached hydrogen (secondary N) is 2. The summed E-state index contributed by atoms with van der Waals surface area (Å²) < 4.78 is 17.7. The van der Waals surface area contributed by atoms with E-state index in [1.807, 2.05) is 96.2 Å². The van der Waals surface area contributed by atoms with Gasteiger partial charge in [-0.05, 0) is 38.2 Å². The van der Waals surface area contributed by atoms with Crippen LogP contribution in [0.2, 0.25) is 0 Å². The topological polar surface area (TPSA) is 160 Å². The zero-order chi connectivity index (χ0) is 40.0. The Balaban J connectivity index is 1.58. The molecule has 0 spiro atoms. The van der Waals surface area contributed by atoms with Gasteiger partial charge in [0.05, 0.1) is 30.7 Å². The first kappa shape index (κ1) is 42.9. The number of hydrogen-bond donors (Lipinski definition) is 4. The molecule has 2 aromatic rings. The number of carbonyl (C=O) groups is 2. The van der Waals surface area contributed by atoms with E-state index in [2.05, 4.69) is 32.1 Å². The largest absolute Gasteiger partial charge is 0.457 e. The molecule has 2 aromatic heterocycles. The highest BCUT2D eigenvalue weighted by Crippen LogP contribution is 2.41. The van der Waals surface area contributed by atoms with Gasteiger partial charge in [0.1, 0.15) is 35.2 Å². The first-order valence-electron chi connectivity index (χ1n) is 19.0. The fourth-order valence-corrected chi connectivity index (χ4v) is 6.16. The maximum absolute atomic E-state index is 13.4. The number of aliphatic hydroxyl groups is 2. The van der Waals surface area contributed by atoms with E-state index < -0.39 is 47.2 Å². The van der Waals surface area contributed by atoms with Crippen LogP contribution in [-0.2, 0) is 20.6 Å². The molecule has 1 fully saturated rings. The smallest absolute Gasteiger partial charge is 0.356 e. The van der Waals surface area contributed by atoms with E-state index in [1.54, 1.807) is 37.5 Å². The molecule has 3 heterocycles. The molecule has 1 aliphatic heterocycles. The van der Waals surface area contributed by atoms with Crippen LogP contribution < -0.4 is 0 Å². The summed E-state index contributed by atoms with van der Waals surface area (Å²) in [5.74, 6) is 0.685. The van der Waals surface area contributed by atoms with Crippen LogP contribution in [0.4, 0.5) is 0 Å². The highest BCUT2D eigenvalue weighted by atomic mass is 16.6. The molecule has 0 amide bonds. The molecule has 0 unspecified atom stereocenters. The van der Waals surface area contributed by atoms with Crippen molar-refractivity contribution in [1.82, 2.24) is 19.9 Å². The zero-order valence-electron chi connectivity index (χ0n) is 33.1. The first-order chi connectivity index (χ1) is 26.3. The van der Waals surface area contributed by atoms with Gasteiger partial charge < -0.3 is 34.4 Å². The summed E-state index contributed by atoms with van der Waals surface area (Å²) in [7, 11) is 1.60. The Morgan fingerprint density at radius 1 is 0.764 bits per heavy atom. The summed E-state index contributed by atoms with van der Waals surface area (Å²) in [6, 6.07) is 0. The summed E-state index contributed by atoms with van der Waals surface area (Å²) in [5, 5.41) is 21.9. The highest BCUT2D eigenvalue weighted by molar-refractivity contribution is 5.87. The summed E-state index contributed by atoms with van der Waals surface area (Å²) in [5.41, 5.74) is -1.12. The van der Waals surface area contributed by atoms with Crippen molar-refractivity contribution in [3.8, 4) is 0 Å². The molecule has 2 aliphatic rings. The Morgan fingerprint density at radius 2 is 1.33 bits per heavy atom. The van der Waals surface area contributed by atoms with Crippen LogP contribution in [0, 0.1) is 22.7 Å². The molecule has 1 saturated carbocycles. The number of imidazole rings is 2. The second-order valence-electron chi connectivity index (χ2n) is 15.2. The van der Waals surface area contributed by atoms with Crippen LogP contribution in [0.5, 0.6) is 0 Å². The fourth-order valence-electron chi connectivity index (χ4n) is 6.16. The Bertz CT molecular complexity index is 1800. The summed E-state index contributed by atoms with van der Waals surface area (Å²) >= 11 is 0. The van der Waals surface area contributed by atoms with E-state index >= 15 is 0 Å². The van der Waals surface area contributed by atoms with Gasteiger partial charge in [0.25, 0.3) is 0 Å². The van der Waals surface area contributed by atoms with E-state index in [4.69, 9.17) is 14.2 Å². The van der Waals surface area contributed by atoms with Crippen molar-refractivity contribution in [2.75, 3.05) is 7.11 Å². The van der Waals surface area contributed by atoms with Crippen molar-refractivity contribution < 1.29 is 34.0 Å². The summed E-state index contributed by atoms with van der Waals surface area (Å²) in [4.78, 5) is 41.5. The highest BCUT2D eigenvalue weighted by Gasteiger charge is 2.39. The van der Waals surface area contributed by atoms with Crippen LogP contribution in [0.25, 0.3) is 6.08 Å². The molecular formula is C44H58N4O7. The SMILES string of the molecule is C/C=C/[C@H](O)C(C)(C)[C@@H]1C\C=C/C=C\C=C\[C@H](OC)Cc2ncc([nH]2)C(=O)O[C@H](C(C)(C)[C@@H](O)/C=C/C)C/C=C\[C@H]2C[C@H]2/C=C/C=C\c2ncc([nH]2)C(=O)O1. The zero-order valence-corrected chi connectivity index (χ0v) is 33.1. The minimum Gasteiger partial charge on any atom is -0.457 e. The molecule has 0 radical (unpaired) electrons. The number of rotatable bonds is 7. The molecule has 11 heteroatoms. The van der Waals surface area contributed by atoms with E-state index in [9.17, 15) is 19.8 Å².